The minimum absolute atomic E-state index is 0.0524. The third-order valence-corrected chi connectivity index (χ3v) is 4.39. The molecule has 0 unspecified atom stereocenters. The maximum atomic E-state index is 10.8. The molecule has 3 aromatic rings. The molecule has 0 bridgehead atoms. The van der Waals surface area contributed by atoms with Gasteiger partial charge in [0, 0.05) is 11.8 Å². The molecule has 1 aromatic heterocycles. The van der Waals surface area contributed by atoms with Crippen molar-refractivity contribution in [3.05, 3.63) is 54.1 Å². The summed E-state index contributed by atoms with van der Waals surface area (Å²) >= 11 is 0. The molecular formula is C18H17N3O2. The highest BCUT2D eigenvalue weighted by Crippen LogP contribution is 2.44. The lowest BCUT2D eigenvalue weighted by atomic mass is 9.99. The van der Waals surface area contributed by atoms with Gasteiger partial charge in [-0.25, -0.2) is 0 Å². The van der Waals surface area contributed by atoms with Gasteiger partial charge < -0.3 is 5.11 Å². The summed E-state index contributed by atoms with van der Waals surface area (Å²) < 4.78 is 1.90. The second kappa shape index (κ2) is 5.50. The lowest BCUT2D eigenvalue weighted by Crippen LogP contribution is -2.05. The number of aromatic nitrogens is 3. The van der Waals surface area contributed by atoms with Crippen molar-refractivity contribution in [2.45, 2.75) is 31.6 Å². The molecule has 0 saturated heterocycles. The highest BCUT2D eigenvalue weighted by atomic mass is 16.4. The van der Waals surface area contributed by atoms with Crippen LogP contribution in [0.15, 0.2) is 42.7 Å². The Hall–Kier alpha value is -2.69. The number of rotatable bonds is 5. The van der Waals surface area contributed by atoms with Gasteiger partial charge >= 0.3 is 5.97 Å². The van der Waals surface area contributed by atoms with Crippen LogP contribution in [0.2, 0.25) is 0 Å². The van der Waals surface area contributed by atoms with Crippen LogP contribution in [0.3, 0.4) is 0 Å². The summed E-state index contributed by atoms with van der Waals surface area (Å²) in [5, 5.41) is 19.4. The normalized spacial score (nSPS) is 14.3. The Morgan fingerprint density at radius 1 is 1.17 bits per heavy atom. The smallest absolute Gasteiger partial charge is 0.303 e. The predicted octanol–water partition coefficient (Wildman–Crippen LogP) is 3.32. The van der Waals surface area contributed by atoms with Crippen molar-refractivity contribution in [3.63, 3.8) is 0 Å². The van der Waals surface area contributed by atoms with E-state index < -0.39 is 5.97 Å². The lowest BCUT2D eigenvalue weighted by Gasteiger charge is -2.13. The molecule has 0 aliphatic heterocycles. The topological polar surface area (TPSA) is 68.0 Å². The van der Waals surface area contributed by atoms with Gasteiger partial charge in [0.15, 0.2) is 0 Å². The standard InChI is InChI=1S/C18H17N3O2/c22-18(23)10-9-17-20-19-11-21(17)16-8-7-13(12-5-6-12)14-3-1-2-4-15(14)16/h1-4,7-8,11-12H,5-6,9-10H2,(H,22,23). The highest BCUT2D eigenvalue weighted by Gasteiger charge is 2.26. The minimum Gasteiger partial charge on any atom is -0.481 e. The zero-order chi connectivity index (χ0) is 15.8. The first kappa shape index (κ1) is 13.9. The van der Waals surface area contributed by atoms with E-state index in [0.29, 0.717) is 18.2 Å². The van der Waals surface area contributed by atoms with E-state index in [-0.39, 0.29) is 6.42 Å². The molecule has 5 heteroatoms. The second-order valence-corrected chi connectivity index (χ2v) is 6.00. The predicted molar refractivity (Wildman–Crippen MR) is 86.8 cm³/mol. The number of aliphatic carboxylic acids is 1. The van der Waals surface area contributed by atoms with E-state index in [1.165, 1.54) is 23.8 Å². The van der Waals surface area contributed by atoms with Gasteiger partial charge in [-0.15, -0.1) is 10.2 Å². The van der Waals surface area contributed by atoms with E-state index in [1.807, 2.05) is 10.6 Å². The number of hydrogen-bond acceptors (Lipinski definition) is 3. The van der Waals surface area contributed by atoms with Crippen LogP contribution in [0.5, 0.6) is 0 Å². The van der Waals surface area contributed by atoms with Crippen LogP contribution in [0.4, 0.5) is 0 Å². The van der Waals surface area contributed by atoms with E-state index >= 15 is 0 Å². The summed E-state index contributed by atoms with van der Waals surface area (Å²) in [6.45, 7) is 0. The zero-order valence-corrected chi connectivity index (χ0v) is 12.6. The Labute approximate surface area is 133 Å². The molecule has 116 valence electrons. The van der Waals surface area contributed by atoms with Gasteiger partial charge in [0.1, 0.15) is 12.2 Å². The molecule has 0 atom stereocenters. The molecule has 2 aromatic carbocycles. The Bertz CT molecular complexity index is 881. The van der Waals surface area contributed by atoms with Gasteiger partial charge in [-0.05, 0) is 35.8 Å². The van der Waals surface area contributed by atoms with Crippen molar-refractivity contribution in [2.75, 3.05) is 0 Å². The molecule has 0 radical (unpaired) electrons. The molecule has 1 aliphatic rings. The first-order chi connectivity index (χ1) is 11.2. The number of benzene rings is 2. The summed E-state index contributed by atoms with van der Waals surface area (Å²) in [4.78, 5) is 10.8. The molecule has 1 N–H and O–H groups in total. The van der Waals surface area contributed by atoms with Crippen molar-refractivity contribution < 1.29 is 9.90 Å². The van der Waals surface area contributed by atoms with Crippen molar-refractivity contribution in [2.24, 2.45) is 0 Å². The van der Waals surface area contributed by atoms with E-state index in [2.05, 4.69) is 40.5 Å². The fraction of sp³-hybridized carbons (Fsp3) is 0.278. The second-order valence-electron chi connectivity index (χ2n) is 6.00. The van der Waals surface area contributed by atoms with Gasteiger partial charge in [0.25, 0.3) is 0 Å². The number of fused-ring (bicyclic) bond motifs is 1. The summed E-state index contributed by atoms with van der Waals surface area (Å²) in [5.41, 5.74) is 2.42. The first-order valence-electron chi connectivity index (χ1n) is 7.87. The van der Waals surface area contributed by atoms with Crippen LogP contribution in [0, 0.1) is 0 Å². The van der Waals surface area contributed by atoms with Gasteiger partial charge in [-0.2, -0.15) is 0 Å². The molecule has 5 nitrogen and oxygen atoms in total. The fourth-order valence-corrected chi connectivity index (χ4v) is 3.12. The Morgan fingerprint density at radius 2 is 1.96 bits per heavy atom. The Balaban J connectivity index is 1.82. The van der Waals surface area contributed by atoms with Crippen molar-refractivity contribution >= 4 is 16.7 Å². The monoisotopic (exact) mass is 307 g/mol. The summed E-state index contributed by atoms with van der Waals surface area (Å²) in [7, 11) is 0. The molecular weight excluding hydrogens is 290 g/mol. The number of aryl methyl sites for hydroxylation is 1. The van der Waals surface area contributed by atoms with Crippen LogP contribution in [0.25, 0.3) is 16.5 Å². The average molecular weight is 307 g/mol. The fourth-order valence-electron chi connectivity index (χ4n) is 3.12. The van der Waals surface area contributed by atoms with Gasteiger partial charge in [0.05, 0.1) is 12.1 Å². The first-order valence-corrected chi connectivity index (χ1v) is 7.87. The SMILES string of the molecule is O=C(O)CCc1nncn1-c1ccc(C2CC2)c2ccccc12. The molecule has 1 aliphatic carbocycles. The third kappa shape index (κ3) is 2.59. The van der Waals surface area contributed by atoms with Crippen LogP contribution in [-0.4, -0.2) is 25.8 Å². The largest absolute Gasteiger partial charge is 0.481 e. The summed E-state index contributed by atoms with van der Waals surface area (Å²) in [5.74, 6) is 0.534. The highest BCUT2D eigenvalue weighted by molar-refractivity contribution is 5.93. The summed E-state index contributed by atoms with van der Waals surface area (Å²) in [6, 6.07) is 12.7. The lowest BCUT2D eigenvalue weighted by molar-refractivity contribution is -0.137. The van der Waals surface area contributed by atoms with Crippen LogP contribution < -0.4 is 0 Å². The van der Waals surface area contributed by atoms with Crippen molar-refractivity contribution in [1.29, 1.82) is 0 Å². The van der Waals surface area contributed by atoms with E-state index in [9.17, 15) is 4.79 Å². The van der Waals surface area contributed by atoms with Crippen LogP contribution in [0.1, 0.15) is 36.6 Å². The Morgan fingerprint density at radius 3 is 2.70 bits per heavy atom. The summed E-state index contributed by atoms with van der Waals surface area (Å²) in [6.07, 6.45) is 4.61. The van der Waals surface area contributed by atoms with E-state index in [1.54, 1.807) is 6.33 Å². The quantitative estimate of drug-likeness (QED) is 0.785. The molecule has 0 spiro atoms. The molecule has 23 heavy (non-hydrogen) atoms. The van der Waals surface area contributed by atoms with Crippen molar-refractivity contribution in [1.82, 2.24) is 14.8 Å². The number of hydrogen-bond donors (Lipinski definition) is 1. The molecule has 0 amide bonds. The Kier molecular flexibility index (Phi) is 3.33. The van der Waals surface area contributed by atoms with Gasteiger partial charge in [0.2, 0.25) is 0 Å². The molecule has 1 fully saturated rings. The molecule has 1 saturated carbocycles. The van der Waals surface area contributed by atoms with Crippen molar-refractivity contribution in [3.8, 4) is 5.69 Å². The van der Waals surface area contributed by atoms with Crippen LogP contribution >= 0.6 is 0 Å². The number of nitrogens with zero attached hydrogens (tertiary/aromatic N) is 3. The average Bonchev–Trinajstić information content (AvgIpc) is 3.30. The molecule has 4 rings (SSSR count). The van der Waals surface area contributed by atoms with E-state index in [0.717, 1.165) is 11.1 Å². The maximum absolute atomic E-state index is 10.8. The third-order valence-electron chi connectivity index (χ3n) is 4.39. The zero-order valence-electron chi connectivity index (χ0n) is 12.6. The van der Waals surface area contributed by atoms with Crippen LogP contribution in [-0.2, 0) is 11.2 Å². The van der Waals surface area contributed by atoms with E-state index in [4.69, 9.17) is 5.11 Å². The van der Waals surface area contributed by atoms with Gasteiger partial charge in [-0.1, -0.05) is 30.3 Å². The maximum Gasteiger partial charge on any atom is 0.303 e. The number of carboxylic acid groups (broad SMARTS) is 1. The molecule has 1 heterocycles. The number of carbonyl (C=O) groups is 1. The number of carboxylic acids is 1. The minimum atomic E-state index is -0.825. The van der Waals surface area contributed by atoms with Gasteiger partial charge in [-0.3, -0.25) is 9.36 Å².